The zero-order valence-corrected chi connectivity index (χ0v) is 18.6. The van der Waals surface area contributed by atoms with E-state index in [1.807, 2.05) is 43.5 Å². The fourth-order valence-electron chi connectivity index (χ4n) is 2.89. The maximum atomic E-state index is 13.4. The predicted octanol–water partition coefficient (Wildman–Crippen LogP) is 5.18. The molecule has 0 saturated heterocycles. The van der Waals surface area contributed by atoms with Crippen molar-refractivity contribution in [1.29, 1.82) is 0 Å². The van der Waals surface area contributed by atoms with Gasteiger partial charge in [0.15, 0.2) is 0 Å². The van der Waals surface area contributed by atoms with E-state index in [0.717, 1.165) is 11.0 Å². The fourth-order valence-corrected chi connectivity index (χ4v) is 4.59. The van der Waals surface area contributed by atoms with Crippen molar-refractivity contribution in [2.24, 2.45) is 0 Å². The molecule has 0 atom stereocenters. The van der Waals surface area contributed by atoms with Crippen molar-refractivity contribution in [1.82, 2.24) is 9.78 Å². The second-order valence-corrected chi connectivity index (χ2v) is 9.65. The molecule has 148 valence electrons. The molecule has 1 aromatic heterocycles. The Hall–Kier alpha value is -2.12. The topological polar surface area (TPSA) is 55.2 Å². The van der Waals surface area contributed by atoms with E-state index in [4.69, 9.17) is 0 Å². The van der Waals surface area contributed by atoms with Crippen LogP contribution in [0, 0.1) is 0 Å². The lowest BCUT2D eigenvalue weighted by molar-refractivity contribution is 0.588. The van der Waals surface area contributed by atoms with Gasteiger partial charge in [-0.3, -0.25) is 8.99 Å². The summed E-state index contributed by atoms with van der Waals surface area (Å²) < 4.78 is 30.9. The Kier molecular flexibility index (Phi) is 6.25. The molecule has 0 aliphatic carbocycles. The summed E-state index contributed by atoms with van der Waals surface area (Å²) in [6.07, 6.45) is 1.86. The SMILES string of the molecule is CCn1ccc(CN(c2ccc(C(C)C)cc2)S(=O)(=O)c2ccc(Br)cc2)n1. The first kappa shape index (κ1) is 20.6. The number of anilines is 1. The molecule has 2 aromatic carbocycles. The molecule has 0 bridgehead atoms. The van der Waals surface area contributed by atoms with Crippen LogP contribution >= 0.6 is 15.9 Å². The fraction of sp³-hybridized carbons (Fsp3) is 0.286. The van der Waals surface area contributed by atoms with Crippen molar-refractivity contribution >= 4 is 31.6 Å². The van der Waals surface area contributed by atoms with Gasteiger partial charge < -0.3 is 0 Å². The molecule has 0 N–H and O–H groups in total. The highest BCUT2D eigenvalue weighted by Crippen LogP contribution is 2.28. The highest BCUT2D eigenvalue weighted by molar-refractivity contribution is 9.10. The molecule has 0 saturated carbocycles. The van der Waals surface area contributed by atoms with Crippen molar-refractivity contribution in [3.63, 3.8) is 0 Å². The van der Waals surface area contributed by atoms with E-state index >= 15 is 0 Å². The largest absolute Gasteiger partial charge is 0.273 e. The summed E-state index contributed by atoms with van der Waals surface area (Å²) in [5.41, 5.74) is 2.49. The van der Waals surface area contributed by atoms with E-state index in [-0.39, 0.29) is 11.4 Å². The number of hydrogen-bond acceptors (Lipinski definition) is 3. The molecule has 0 amide bonds. The van der Waals surface area contributed by atoms with Gasteiger partial charge in [0.25, 0.3) is 10.0 Å². The number of rotatable bonds is 7. The molecule has 1 heterocycles. The minimum absolute atomic E-state index is 0.173. The predicted molar refractivity (Wildman–Crippen MR) is 116 cm³/mol. The lowest BCUT2D eigenvalue weighted by Gasteiger charge is -2.24. The van der Waals surface area contributed by atoms with E-state index in [2.05, 4.69) is 34.9 Å². The quantitative estimate of drug-likeness (QED) is 0.486. The number of sulfonamides is 1. The highest BCUT2D eigenvalue weighted by Gasteiger charge is 2.26. The molecule has 3 aromatic rings. The van der Waals surface area contributed by atoms with Crippen LogP contribution in [0.25, 0.3) is 0 Å². The number of aromatic nitrogens is 2. The maximum absolute atomic E-state index is 13.4. The van der Waals surface area contributed by atoms with Crippen molar-refractivity contribution in [3.05, 3.63) is 76.5 Å². The third kappa shape index (κ3) is 4.47. The van der Waals surface area contributed by atoms with E-state index in [0.29, 0.717) is 17.3 Å². The molecule has 28 heavy (non-hydrogen) atoms. The third-order valence-corrected chi connectivity index (χ3v) is 6.89. The van der Waals surface area contributed by atoms with Gasteiger partial charge in [0.1, 0.15) is 0 Å². The minimum Gasteiger partial charge on any atom is -0.273 e. The first-order chi connectivity index (χ1) is 13.3. The second-order valence-electron chi connectivity index (χ2n) is 6.87. The van der Waals surface area contributed by atoms with Crippen LogP contribution in [0.1, 0.15) is 37.9 Å². The molecule has 0 unspecified atom stereocenters. The number of benzene rings is 2. The molecular formula is C21H24BrN3O2S. The van der Waals surface area contributed by atoms with Crippen LogP contribution in [0.2, 0.25) is 0 Å². The lowest BCUT2D eigenvalue weighted by atomic mass is 10.0. The summed E-state index contributed by atoms with van der Waals surface area (Å²) in [5.74, 6) is 0.380. The first-order valence-electron chi connectivity index (χ1n) is 9.22. The molecule has 0 aliphatic heterocycles. The van der Waals surface area contributed by atoms with E-state index < -0.39 is 10.0 Å². The van der Waals surface area contributed by atoms with Gasteiger partial charge in [-0.15, -0.1) is 0 Å². The number of halogens is 1. The average molecular weight is 462 g/mol. The van der Waals surface area contributed by atoms with E-state index in [1.54, 1.807) is 28.9 Å². The Labute approximate surface area is 175 Å². The second kappa shape index (κ2) is 8.49. The van der Waals surface area contributed by atoms with Crippen molar-refractivity contribution in [2.75, 3.05) is 4.31 Å². The smallest absolute Gasteiger partial charge is 0.264 e. The maximum Gasteiger partial charge on any atom is 0.264 e. The molecular weight excluding hydrogens is 438 g/mol. The Morgan fingerprint density at radius 3 is 2.21 bits per heavy atom. The zero-order valence-electron chi connectivity index (χ0n) is 16.2. The van der Waals surface area contributed by atoms with E-state index in [9.17, 15) is 8.42 Å². The summed E-state index contributed by atoms with van der Waals surface area (Å²) in [7, 11) is -3.74. The molecule has 0 spiro atoms. The Bertz CT molecular complexity index is 1030. The Balaban J connectivity index is 2.03. The molecule has 7 heteroatoms. The highest BCUT2D eigenvalue weighted by atomic mass is 79.9. The molecule has 3 rings (SSSR count). The minimum atomic E-state index is -3.74. The van der Waals surface area contributed by atoms with Gasteiger partial charge in [-0.05, 0) is 60.9 Å². The number of nitrogens with zero attached hydrogens (tertiary/aromatic N) is 3. The van der Waals surface area contributed by atoms with Gasteiger partial charge in [-0.2, -0.15) is 5.10 Å². The van der Waals surface area contributed by atoms with Crippen LogP contribution in [-0.2, 0) is 23.1 Å². The van der Waals surface area contributed by atoms with Crippen molar-refractivity contribution in [2.45, 2.75) is 44.7 Å². The third-order valence-electron chi connectivity index (χ3n) is 4.57. The number of hydrogen-bond donors (Lipinski definition) is 0. The van der Waals surface area contributed by atoms with Crippen molar-refractivity contribution < 1.29 is 8.42 Å². The summed E-state index contributed by atoms with van der Waals surface area (Å²) >= 11 is 3.36. The zero-order chi connectivity index (χ0) is 20.3. The van der Waals surface area contributed by atoms with E-state index in [1.165, 1.54) is 9.87 Å². The molecule has 0 fully saturated rings. The standard InChI is InChI=1S/C21H24BrN3O2S/c1-4-24-14-13-19(23-24)15-25(20-9-5-17(6-10-20)16(2)3)28(26,27)21-11-7-18(22)8-12-21/h5-14,16H,4,15H2,1-3H3. The molecule has 5 nitrogen and oxygen atoms in total. The summed E-state index contributed by atoms with van der Waals surface area (Å²) in [6, 6.07) is 16.2. The Morgan fingerprint density at radius 1 is 1.04 bits per heavy atom. The monoisotopic (exact) mass is 461 g/mol. The summed E-state index contributed by atoms with van der Waals surface area (Å²) in [4.78, 5) is 0.249. The summed E-state index contributed by atoms with van der Waals surface area (Å²) in [5, 5.41) is 4.46. The van der Waals surface area contributed by atoms with Gasteiger partial charge in [0, 0.05) is 17.2 Å². The van der Waals surface area contributed by atoms with Crippen molar-refractivity contribution in [3.8, 4) is 0 Å². The molecule has 0 aliphatic rings. The van der Waals surface area contributed by atoms with Crippen LogP contribution in [0.4, 0.5) is 5.69 Å². The van der Waals surface area contributed by atoms with Gasteiger partial charge in [-0.1, -0.05) is 41.9 Å². The number of aryl methyl sites for hydroxylation is 1. The van der Waals surface area contributed by atoms with Gasteiger partial charge >= 0.3 is 0 Å². The van der Waals surface area contributed by atoms with Gasteiger partial charge in [-0.25, -0.2) is 8.42 Å². The van der Waals surface area contributed by atoms with Gasteiger partial charge in [0.05, 0.1) is 22.8 Å². The van der Waals surface area contributed by atoms with Crippen LogP contribution in [-0.4, -0.2) is 18.2 Å². The summed E-state index contributed by atoms with van der Waals surface area (Å²) in [6.45, 7) is 7.14. The van der Waals surface area contributed by atoms with Crippen LogP contribution < -0.4 is 4.31 Å². The van der Waals surface area contributed by atoms with Gasteiger partial charge in [0.2, 0.25) is 0 Å². The lowest BCUT2D eigenvalue weighted by Crippen LogP contribution is -2.30. The Morgan fingerprint density at radius 2 is 1.68 bits per heavy atom. The normalized spacial score (nSPS) is 11.8. The molecule has 0 radical (unpaired) electrons. The van der Waals surface area contributed by atoms with Crippen LogP contribution in [0.5, 0.6) is 0 Å². The first-order valence-corrected chi connectivity index (χ1v) is 11.4. The average Bonchev–Trinajstić information content (AvgIpc) is 3.14. The van der Waals surface area contributed by atoms with Crippen LogP contribution in [0.3, 0.4) is 0 Å². The van der Waals surface area contributed by atoms with Crippen LogP contribution in [0.15, 0.2) is 70.2 Å².